The Hall–Kier alpha value is -3.97. The van der Waals surface area contributed by atoms with Gasteiger partial charge in [0.2, 0.25) is 0 Å². The van der Waals surface area contributed by atoms with Gasteiger partial charge in [-0.1, -0.05) is 65.9 Å². The molecule has 5 rings (SSSR count). The average molecular weight is 485 g/mol. The Morgan fingerprint density at radius 1 is 1.09 bits per heavy atom. The number of methoxy groups -OCH3 is 1. The Morgan fingerprint density at radius 3 is 2.57 bits per heavy atom. The Labute approximate surface area is 206 Å². The summed E-state index contributed by atoms with van der Waals surface area (Å²) >= 11 is 1.31. The highest BCUT2D eigenvalue weighted by Crippen LogP contribution is 2.34. The third-order valence-electron chi connectivity index (χ3n) is 6.05. The third kappa shape index (κ3) is 4.08. The summed E-state index contributed by atoms with van der Waals surface area (Å²) in [6, 6.07) is 20.7. The maximum Gasteiger partial charge on any atom is 0.338 e. The van der Waals surface area contributed by atoms with E-state index in [0.717, 1.165) is 27.6 Å². The van der Waals surface area contributed by atoms with Gasteiger partial charge in [0, 0.05) is 0 Å². The Morgan fingerprint density at radius 2 is 1.83 bits per heavy atom. The highest BCUT2D eigenvalue weighted by atomic mass is 32.1. The molecule has 0 saturated carbocycles. The van der Waals surface area contributed by atoms with E-state index in [0.29, 0.717) is 20.6 Å². The van der Waals surface area contributed by atoms with Gasteiger partial charge in [-0.2, -0.15) is 0 Å². The lowest BCUT2D eigenvalue weighted by Crippen LogP contribution is -2.40. The second-order valence-electron chi connectivity index (χ2n) is 8.14. The van der Waals surface area contributed by atoms with Crippen molar-refractivity contribution in [2.45, 2.75) is 19.9 Å². The van der Waals surface area contributed by atoms with Crippen molar-refractivity contribution in [2.24, 2.45) is 4.99 Å². The molecule has 35 heavy (non-hydrogen) atoms. The van der Waals surface area contributed by atoms with Gasteiger partial charge in [-0.05, 0) is 54.0 Å². The fourth-order valence-corrected chi connectivity index (χ4v) is 5.47. The molecule has 2 heterocycles. The number of hydrogen-bond acceptors (Lipinski definition) is 6. The van der Waals surface area contributed by atoms with Crippen molar-refractivity contribution in [1.82, 2.24) is 4.57 Å². The molecule has 7 heteroatoms. The molecule has 176 valence electrons. The van der Waals surface area contributed by atoms with Gasteiger partial charge in [-0.3, -0.25) is 9.36 Å². The second-order valence-corrected chi connectivity index (χ2v) is 9.15. The van der Waals surface area contributed by atoms with E-state index in [1.54, 1.807) is 25.5 Å². The normalized spacial score (nSPS) is 15.6. The molecule has 0 saturated heterocycles. The van der Waals surface area contributed by atoms with Crippen molar-refractivity contribution in [3.63, 3.8) is 0 Å². The summed E-state index contributed by atoms with van der Waals surface area (Å²) in [7, 11) is 1.61. The van der Waals surface area contributed by atoms with Crippen LogP contribution < -0.4 is 19.6 Å². The summed E-state index contributed by atoms with van der Waals surface area (Å²) in [6.45, 7) is 3.80. The van der Waals surface area contributed by atoms with Gasteiger partial charge in [0.15, 0.2) is 4.80 Å². The van der Waals surface area contributed by atoms with Crippen LogP contribution in [0.5, 0.6) is 5.75 Å². The molecular weight excluding hydrogens is 460 g/mol. The summed E-state index contributed by atoms with van der Waals surface area (Å²) in [6.07, 6.45) is 1.84. The Bertz CT molecular complexity index is 1640. The highest BCUT2D eigenvalue weighted by Gasteiger charge is 2.34. The molecule has 1 unspecified atom stereocenters. The first-order chi connectivity index (χ1) is 17.0. The fraction of sp³-hybridized carbons (Fsp3) is 0.179. The van der Waals surface area contributed by atoms with Crippen molar-refractivity contribution in [2.75, 3.05) is 13.7 Å². The minimum absolute atomic E-state index is 0.197. The molecule has 0 aliphatic carbocycles. The standard InChI is InChI=1S/C28H24N2O4S/c1-4-34-27(32)24-17(2)29-28-30(25(24)22-11-7-9-19-8-5-6-10-21(19)22)26(31)23(35-28)16-18-12-14-20(33-3)15-13-18/h5-16,25H,4H2,1-3H3/b23-16+. The van der Waals surface area contributed by atoms with E-state index in [-0.39, 0.29) is 12.2 Å². The number of nitrogens with zero attached hydrogens (tertiary/aromatic N) is 2. The zero-order valence-electron chi connectivity index (χ0n) is 19.6. The molecule has 0 amide bonds. The average Bonchev–Trinajstić information content (AvgIpc) is 3.17. The van der Waals surface area contributed by atoms with E-state index in [9.17, 15) is 9.59 Å². The number of aromatic nitrogens is 1. The molecule has 1 atom stereocenters. The molecule has 0 bridgehead atoms. The number of benzene rings is 3. The van der Waals surface area contributed by atoms with Crippen LogP contribution in [0.4, 0.5) is 0 Å². The lowest BCUT2D eigenvalue weighted by atomic mass is 9.91. The maximum atomic E-state index is 13.8. The van der Waals surface area contributed by atoms with Crippen LogP contribution in [0.1, 0.15) is 31.0 Å². The molecule has 0 N–H and O–H groups in total. The number of thiazole rings is 1. The predicted molar refractivity (Wildman–Crippen MR) is 137 cm³/mol. The monoisotopic (exact) mass is 484 g/mol. The second kappa shape index (κ2) is 9.35. The van der Waals surface area contributed by atoms with Crippen molar-refractivity contribution in [1.29, 1.82) is 0 Å². The van der Waals surface area contributed by atoms with E-state index in [4.69, 9.17) is 9.47 Å². The Kier molecular flexibility index (Phi) is 6.09. The van der Waals surface area contributed by atoms with Gasteiger partial charge in [0.05, 0.1) is 35.6 Å². The van der Waals surface area contributed by atoms with E-state index < -0.39 is 12.0 Å². The zero-order chi connectivity index (χ0) is 24.5. The predicted octanol–water partition coefficient (Wildman–Crippen LogP) is 3.96. The fourth-order valence-electron chi connectivity index (χ4n) is 4.43. The first-order valence-corrected chi connectivity index (χ1v) is 12.1. The van der Waals surface area contributed by atoms with Crippen LogP contribution in [-0.4, -0.2) is 24.3 Å². The minimum atomic E-state index is -0.644. The summed E-state index contributed by atoms with van der Waals surface area (Å²) in [5.74, 6) is 0.283. The van der Waals surface area contributed by atoms with Crippen LogP contribution in [0.3, 0.4) is 0 Å². The van der Waals surface area contributed by atoms with Crippen LogP contribution in [-0.2, 0) is 9.53 Å². The van der Waals surface area contributed by atoms with E-state index in [1.807, 2.05) is 72.8 Å². The van der Waals surface area contributed by atoms with Gasteiger partial charge in [-0.15, -0.1) is 0 Å². The molecule has 1 aromatic heterocycles. The third-order valence-corrected chi connectivity index (χ3v) is 7.03. The van der Waals surface area contributed by atoms with E-state index >= 15 is 0 Å². The van der Waals surface area contributed by atoms with E-state index in [1.165, 1.54) is 11.3 Å². The minimum Gasteiger partial charge on any atom is -0.497 e. The van der Waals surface area contributed by atoms with Crippen molar-refractivity contribution in [3.8, 4) is 5.75 Å². The number of carbonyl (C=O) groups is 1. The summed E-state index contributed by atoms with van der Waals surface area (Å²) in [5.41, 5.74) is 2.47. The first-order valence-electron chi connectivity index (χ1n) is 11.3. The molecule has 3 aromatic carbocycles. The number of hydrogen-bond donors (Lipinski definition) is 0. The molecular formula is C28H24N2O4S. The van der Waals surface area contributed by atoms with Gasteiger partial charge >= 0.3 is 5.97 Å². The highest BCUT2D eigenvalue weighted by molar-refractivity contribution is 7.07. The van der Waals surface area contributed by atoms with Gasteiger partial charge in [0.25, 0.3) is 5.56 Å². The van der Waals surface area contributed by atoms with Crippen molar-refractivity contribution in [3.05, 3.63) is 109 Å². The number of ether oxygens (including phenoxy) is 2. The van der Waals surface area contributed by atoms with Crippen molar-refractivity contribution < 1.29 is 14.3 Å². The number of carbonyl (C=O) groups excluding carboxylic acids is 1. The number of rotatable bonds is 5. The molecule has 6 nitrogen and oxygen atoms in total. The summed E-state index contributed by atoms with van der Waals surface area (Å²) in [4.78, 5) is 32.1. The zero-order valence-corrected chi connectivity index (χ0v) is 20.5. The van der Waals surface area contributed by atoms with Crippen LogP contribution >= 0.6 is 11.3 Å². The van der Waals surface area contributed by atoms with Gasteiger partial charge < -0.3 is 9.47 Å². The van der Waals surface area contributed by atoms with Crippen LogP contribution in [0, 0.1) is 0 Å². The van der Waals surface area contributed by atoms with Crippen LogP contribution in [0.15, 0.2) is 87.8 Å². The molecule has 0 radical (unpaired) electrons. The molecule has 0 fully saturated rings. The maximum absolute atomic E-state index is 13.8. The molecule has 1 aliphatic heterocycles. The largest absolute Gasteiger partial charge is 0.497 e. The van der Waals surface area contributed by atoms with Crippen molar-refractivity contribution >= 4 is 34.2 Å². The van der Waals surface area contributed by atoms with Gasteiger partial charge in [-0.25, -0.2) is 9.79 Å². The SMILES string of the molecule is CCOC(=O)C1=C(C)N=c2s/c(=C/c3ccc(OC)cc3)c(=O)n2C1c1cccc2ccccc12. The molecule has 1 aliphatic rings. The number of allylic oxidation sites excluding steroid dienone is 1. The lowest BCUT2D eigenvalue weighted by molar-refractivity contribution is -0.139. The van der Waals surface area contributed by atoms with E-state index in [2.05, 4.69) is 4.99 Å². The van der Waals surface area contributed by atoms with Crippen LogP contribution in [0.2, 0.25) is 0 Å². The number of fused-ring (bicyclic) bond motifs is 2. The number of esters is 1. The lowest BCUT2D eigenvalue weighted by Gasteiger charge is -2.25. The Balaban J connectivity index is 1.77. The molecule has 4 aromatic rings. The molecule has 0 spiro atoms. The van der Waals surface area contributed by atoms with Gasteiger partial charge in [0.1, 0.15) is 5.75 Å². The summed E-state index contributed by atoms with van der Waals surface area (Å²) in [5, 5.41) is 2.00. The smallest absolute Gasteiger partial charge is 0.338 e. The first kappa shape index (κ1) is 22.8. The summed E-state index contributed by atoms with van der Waals surface area (Å²) < 4.78 is 12.8. The quantitative estimate of drug-likeness (QED) is 0.402. The topological polar surface area (TPSA) is 69.9 Å². The van der Waals surface area contributed by atoms with Crippen LogP contribution in [0.25, 0.3) is 16.8 Å².